The molecule has 0 unspecified atom stereocenters. The van der Waals surface area contributed by atoms with Gasteiger partial charge in [0.15, 0.2) is 11.6 Å². The molecule has 0 saturated carbocycles. The van der Waals surface area contributed by atoms with Gasteiger partial charge >= 0.3 is 18.0 Å². The number of rotatable bonds is 35. The molecule has 5 aromatic carbocycles. The Kier molecular flexibility index (Phi) is 30.5. The van der Waals surface area contributed by atoms with Crippen LogP contribution in [0.2, 0.25) is 0 Å². The van der Waals surface area contributed by atoms with Crippen LogP contribution < -0.4 is 57.3 Å². The minimum atomic E-state index is -1.94. The van der Waals surface area contributed by atoms with Crippen molar-refractivity contribution in [1.29, 1.82) is 0 Å². The third-order valence-electron chi connectivity index (χ3n) is 15.5. The second-order valence-electron chi connectivity index (χ2n) is 27.9. The van der Waals surface area contributed by atoms with Crippen molar-refractivity contribution in [3.8, 4) is 11.5 Å². The largest absolute Gasteiger partial charge is 0.494 e. The number of hydrogen-bond acceptors (Lipinski definition) is 17. The second-order valence-corrected chi connectivity index (χ2v) is 27.9. The Balaban J connectivity index is 0.881. The van der Waals surface area contributed by atoms with Crippen molar-refractivity contribution in [1.82, 2.24) is 42.1 Å². The maximum Gasteiger partial charge on any atom is 0.413 e. The van der Waals surface area contributed by atoms with E-state index in [0.717, 1.165) is 11.0 Å². The van der Waals surface area contributed by atoms with Crippen LogP contribution >= 0.6 is 0 Å². The van der Waals surface area contributed by atoms with Gasteiger partial charge in [-0.15, -0.1) is 0 Å². The molecule has 0 aromatic heterocycles. The predicted octanol–water partition coefficient (Wildman–Crippen LogP) is 8.03. The van der Waals surface area contributed by atoms with Crippen molar-refractivity contribution in [3.05, 3.63) is 167 Å². The highest BCUT2D eigenvalue weighted by Crippen LogP contribution is 2.30. The number of hydrogen-bond donors (Lipinski definition) is 9. The van der Waals surface area contributed by atoms with Gasteiger partial charge in [0.25, 0.3) is 5.91 Å². The van der Waals surface area contributed by atoms with Gasteiger partial charge in [-0.3, -0.25) is 43.7 Å². The van der Waals surface area contributed by atoms with Crippen LogP contribution in [0.3, 0.4) is 0 Å². The molecule has 105 heavy (non-hydrogen) atoms. The van der Waals surface area contributed by atoms with Crippen LogP contribution in [0, 0.1) is 23.3 Å². The van der Waals surface area contributed by atoms with Crippen LogP contribution in [-0.2, 0) is 70.2 Å². The van der Waals surface area contributed by atoms with Gasteiger partial charge in [-0.2, -0.15) is 8.78 Å². The fraction of sp³-hybridized carbons (Fsp3) is 0.427. The number of esters is 2. The maximum absolute atomic E-state index is 14.5. The fourth-order valence-electron chi connectivity index (χ4n) is 10.4. The third kappa shape index (κ3) is 29.4. The summed E-state index contributed by atoms with van der Waals surface area (Å²) in [5, 5.41) is 23.9. The second kappa shape index (κ2) is 38.6. The van der Waals surface area contributed by atoms with Gasteiger partial charge in [-0.05, 0) is 155 Å². The molecular formula is C75H92F4N10O16. The number of benzene rings is 5. The summed E-state index contributed by atoms with van der Waals surface area (Å²) in [5.74, 6) is -15.7. The Morgan fingerprint density at radius 1 is 0.581 bits per heavy atom. The molecule has 1 aliphatic rings. The Morgan fingerprint density at radius 2 is 1.18 bits per heavy atom. The number of halogens is 4. The molecule has 26 nitrogen and oxygen atoms in total. The molecule has 0 bridgehead atoms. The Morgan fingerprint density at radius 3 is 1.81 bits per heavy atom. The number of likely N-dealkylation sites (tertiary alicyclic amines) is 1. The van der Waals surface area contributed by atoms with E-state index in [1.807, 2.05) is 13.8 Å². The van der Waals surface area contributed by atoms with E-state index in [0.29, 0.717) is 41.1 Å². The summed E-state index contributed by atoms with van der Waals surface area (Å²) in [6.45, 7) is 16.2. The summed E-state index contributed by atoms with van der Waals surface area (Å²) in [7, 11) is 0. The maximum atomic E-state index is 14.5. The van der Waals surface area contributed by atoms with Crippen LogP contribution in [0.15, 0.2) is 127 Å². The highest BCUT2D eigenvalue weighted by atomic mass is 19.2. The highest BCUT2D eigenvalue weighted by Gasteiger charge is 2.40. The first-order valence-electron chi connectivity index (χ1n) is 34.0. The van der Waals surface area contributed by atoms with Crippen molar-refractivity contribution < 1.29 is 94.0 Å². The van der Waals surface area contributed by atoms with E-state index in [-0.39, 0.29) is 88.1 Å². The van der Waals surface area contributed by atoms with Gasteiger partial charge in [0, 0.05) is 67.4 Å². The van der Waals surface area contributed by atoms with E-state index in [2.05, 4.69) is 47.9 Å². The number of carbonyl (C=O) groups excluding carboxylic acids is 11. The topological polar surface area (TPSA) is 345 Å². The molecule has 1 heterocycles. The quantitative estimate of drug-likeness (QED) is 0.00463. The van der Waals surface area contributed by atoms with Gasteiger partial charge in [-0.25, -0.2) is 23.2 Å². The van der Waals surface area contributed by atoms with Gasteiger partial charge in [0.1, 0.15) is 40.9 Å². The summed E-state index contributed by atoms with van der Waals surface area (Å²) in [6.07, 6.45) is 1.37. The summed E-state index contributed by atoms with van der Waals surface area (Å²) in [6, 6.07) is 25.7. The van der Waals surface area contributed by atoms with Crippen molar-refractivity contribution in [3.63, 3.8) is 0 Å². The van der Waals surface area contributed by atoms with E-state index in [1.54, 1.807) is 146 Å². The lowest BCUT2D eigenvalue weighted by atomic mass is 9.99. The number of carbonyl (C=O) groups is 11. The molecule has 3 atom stereocenters. The zero-order chi connectivity index (χ0) is 77.2. The number of nitrogens with one attached hydrogen (secondary N) is 9. The first kappa shape index (κ1) is 83.0. The lowest BCUT2D eigenvalue weighted by molar-refractivity contribution is -0.148. The summed E-state index contributed by atoms with van der Waals surface area (Å²) in [5.41, 5.74) is -1.08. The fourth-order valence-corrected chi connectivity index (χ4v) is 10.4. The van der Waals surface area contributed by atoms with Gasteiger partial charge < -0.3 is 71.1 Å². The van der Waals surface area contributed by atoms with Crippen molar-refractivity contribution in [2.45, 2.75) is 167 Å². The average molecular weight is 1470 g/mol. The Hall–Kier alpha value is -10.9. The molecule has 0 radical (unpaired) electrons. The molecule has 1 saturated heterocycles. The average Bonchev–Trinajstić information content (AvgIpc) is 1.78. The minimum absolute atomic E-state index is 0.0361. The number of ether oxygens (including phenoxy) is 5. The summed E-state index contributed by atoms with van der Waals surface area (Å²) >= 11 is 0. The SMILES string of the molecule is CC(C)(CCOC(C)(C)CCC(=O)N[C@@H](Cc1ccccc1)C(=O)NCC(=O)N[C@@H](Cc1ccccc1)C(=O)N1CCC[C@H]1C(=O)Oc1c(F)c(F)cc(F)c1F)NC(=O)CCCOc1ccc(NC(=O)CNC(=O)CNC(=O)c2cccc(N/C(=C/C(=O)OC(C)(C)C)NC(=O)OC(C)(C)C)c2)cc1. The van der Waals surface area contributed by atoms with E-state index in [1.165, 1.54) is 18.2 Å². The lowest BCUT2D eigenvalue weighted by Crippen LogP contribution is -2.55. The van der Waals surface area contributed by atoms with E-state index in [9.17, 15) is 70.3 Å². The van der Waals surface area contributed by atoms with Crippen molar-refractivity contribution in [2.24, 2.45) is 0 Å². The molecule has 30 heteroatoms. The monoisotopic (exact) mass is 1460 g/mol. The normalized spacial score (nSPS) is 13.7. The molecule has 9 amide bonds. The van der Waals surface area contributed by atoms with Crippen molar-refractivity contribution >= 4 is 76.7 Å². The molecule has 5 aromatic rings. The minimum Gasteiger partial charge on any atom is -0.494 e. The standard InChI is InChI=1S/C75H92F4N10O16/c1-72(2,3)104-63(95)42-57(87-71(100)105-73(4,5)6)83-50-25-17-24-48(40-50)67(96)81-43-60(92)80-44-61(93)84-49-28-30-51(31-29-49)101-36-19-27-59(91)88-74(7,8)34-37-102-75(9,10)33-32-58(90)85-54(38-46-20-13-11-14-21-46)68(97)82-45-62(94)86-55(39-47-22-15-12-16-23-47)69(98)89-35-18-26-56(89)70(99)103-66-64(78)52(76)41-53(77)65(66)79/h11-17,20-25,28-31,40-42,54-56,83H,18-19,26-27,32-39,43-45H2,1-10H3,(H,80,92)(H,81,96)(H,82,97)(H,84,93)(H,85,90)(H,86,94)(H,87,100)(H,88,91)/b57-42-/t54-,55-,56-/m0/s1. The van der Waals surface area contributed by atoms with Crippen LogP contribution in [0.4, 0.5) is 33.7 Å². The zero-order valence-corrected chi connectivity index (χ0v) is 60.4. The molecule has 9 N–H and O–H groups in total. The molecule has 1 fully saturated rings. The number of nitrogens with zero attached hydrogens (tertiary/aromatic N) is 1. The molecule has 566 valence electrons. The van der Waals surface area contributed by atoms with Gasteiger partial charge in [-0.1, -0.05) is 66.7 Å². The number of anilines is 2. The molecule has 6 rings (SSSR count). The van der Waals surface area contributed by atoms with Gasteiger partial charge in [0.2, 0.25) is 58.7 Å². The smallest absolute Gasteiger partial charge is 0.413 e. The van der Waals surface area contributed by atoms with E-state index in [4.69, 9.17) is 23.7 Å². The Labute approximate surface area is 606 Å². The number of alkyl carbamates (subject to hydrolysis) is 1. The predicted molar refractivity (Wildman–Crippen MR) is 378 cm³/mol. The summed E-state index contributed by atoms with van der Waals surface area (Å²) in [4.78, 5) is 146. The molecular weight excluding hydrogens is 1370 g/mol. The van der Waals surface area contributed by atoms with Crippen molar-refractivity contribution in [2.75, 3.05) is 50.0 Å². The highest BCUT2D eigenvalue weighted by molar-refractivity contribution is 5.99. The van der Waals surface area contributed by atoms with Crippen LogP contribution in [0.25, 0.3) is 0 Å². The van der Waals surface area contributed by atoms with E-state index >= 15 is 0 Å². The molecule has 0 spiro atoms. The van der Waals surface area contributed by atoms with Crippen LogP contribution in [0.5, 0.6) is 11.5 Å². The molecule has 1 aliphatic heterocycles. The van der Waals surface area contributed by atoms with Gasteiger partial charge in [0.05, 0.1) is 37.9 Å². The number of amides is 9. The van der Waals surface area contributed by atoms with Crippen LogP contribution in [0.1, 0.15) is 136 Å². The lowest BCUT2D eigenvalue weighted by Gasteiger charge is -2.30. The zero-order valence-electron chi connectivity index (χ0n) is 60.4. The first-order valence-corrected chi connectivity index (χ1v) is 34.0. The third-order valence-corrected chi connectivity index (χ3v) is 15.5. The summed E-state index contributed by atoms with van der Waals surface area (Å²) < 4.78 is 84.4. The van der Waals surface area contributed by atoms with Crippen LogP contribution in [-0.4, -0.2) is 150 Å². The Bertz CT molecular complexity index is 3900. The first-order chi connectivity index (χ1) is 49.4. The van der Waals surface area contributed by atoms with E-state index < -0.39 is 149 Å². The molecule has 0 aliphatic carbocycles.